The minimum absolute atomic E-state index is 0.0943. The van der Waals surface area contributed by atoms with E-state index in [-0.39, 0.29) is 36.4 Å². The second-order valence-electron chi connectivity index (χ2n) is 8.42. The Morgan fingerprint density at radius 1 is 1.11 bits per heavy atom. The SMILES string of the molecule is O=C(NCc1ccc(F)cc1)c1cc(CN(CCCN2CCCC2=O)C(=O)c2ccccc2)on1. The maximum absolute atomic E-state index is 13.1. The van der Waals surface area contributed by atoms with E-state index in [1.54, 1.807) is 41.3 Å². The first-order chi connectivity index (χ1) is 17.0. The molecule has 8 nitrogen and oxygen atoms in total. The summed E-state index contributed by atoms with van der Waals surface area (Å²) >= 11 is 0. The molecule has 4 rings (SSSR count). The summed E-state index contributed by atoms with van der Waals surface area (Å²) in [5, 5.41) is 6.56. The van der Waals surface area contributed by atoms with Gasteiger partial charge in [0.05, 0.1) is 6.54 Å². The summed E-state index contributed by atoms with van der Waals surface area (Å²) in [5.41, 5.74) is 1.39. The fourth-order valence-electron chi connectivity index (χ4n) is 3.97. The number of carbonyl (C=O) groups is 3. The molecule has 1 saturated heterocycles. The summed E-state index contributed by atoms with van der Waals surface area (Å²) in [4.78, 5) is 41.0. The summed E-state index contributed by atoms with van der Waals surface area (Å²) in [6, 6.07) is 16.3. The average Bonchev–Trinajstić information content (AvgIpc) is 3.52. The molecule has 2 aromatic carbocycles. The number of nitrogens with zero attached hydrogens (tertiary/aromatic N) is 3. The fourth-order valence-corrected chi connectivity index (χ4v) is 3.97. The number of benzene rings is 2. The third-order valence-corrected chi connectivity index (χ3v) is 5.84. The van der Waals surface area contributed by atoms with Gasteiger partial charge in [0.15, 0.2) is 11.5 Å². The van der Waals surface area contributed by atoms with Crippen LogP contribution in [-0.4, -0.2) is 52.3 Å². The normalized spacial score (nSPS) is 13.2. The molecule has 1 fully saturated rings. The van der Waals surface area contributed by atoms with Crippen LogP contribution in [0, 0.1) is 5.82 Å². The third-order valence-electron chi connectivity index (χ3n) is 5.84. The topological polar surface area (TPSA) is 95.8 Å². The molecule has 9 heteroatoms. The predicted molar refractivity (Wildman–Crippen MR) is 126 cm³/mol. The first-order valence-electron chi connectivity index (χ1n) is 11.6. The van der Waals surface area contributed by atoms with Gasteiger partial charge >= 0.3 is 0 Å². The van der Waals surface area contributed by atoms with Gasteiger partial charge < -0.3 is 19.6 Å². The van der Waals surface area contributed by atoms with E-state index >= 15 is 0 Å². The van der Waals surface area contributed by atoms with Gasteiger partial charge in [0, 0.05) is 44.2 Å². The molecule has 1 aromatic heterocycles. The van der Waals surface area contributed by atoms with Crippen LogP contribution in [0.1, 0.15) is 51.4 Å². The van der Waals surface area contributed by atoms with Crippen molar-refractivity contribution < 1.29 is 23.3 Å². The zero-order valence-corrected chi connectivity index (χ0v) is 19.3. The van der Waals surface area contributed by atoms with Gasteiger partial charge in [-0.1, -0.05) is 35.5 Å². The van der Waals surface area contributed by atoms with E-state index in [2.05, 4.69) is 10.5 Å². The molecule has 182 valence electrons. The van der Waals surface area contributed by atoms with Gasteiger partial charge in [-0.2, -0.15) is 0 Å². The van der Waals surface area contributed by atoms with Crippen LogP contribution in [0.25, 0.3) is 0 Å². The number of rotatable bonds is 10. The van der Waals surface area contributed by atoms with Crippen LogP contribution in [0.2, 0.25) is 0 Å². The lowest BCUT2D eigenvalue weighted by atomic mass is 10.2. The van der Waals surface area contributed by atoms with Crippen molar-refractivity contribution in [1.82, 2.24) is 20.3 Å². The first-order valence-corrected chi connectivity index (χ1v) is 11.6. The van der Waals surface area contributed by atoms with Crippen LogP contribution in [-0.2, 0) is 17.9 Å². The number of likely N-dealkylation sites (tertiary alicyclic amines) is 1. The summed E-state index contributed by atoms with van der Waals surface area (Å²) in [6.07, 6.45) is 2.08. The van der Waals surface area contributed by atoms with Gasteiger partial charge in [0.2, 0.25) is 5.91 Å². The molecule has 0 bridgehead atoms. The van der Waals surface area contributed by atoms with Crippen LogP contribution in [0.3, 0.4) is 0 Å². The maximum atomic E-state index is 13.1. The maximum Gasteiger partial charge on any atom is 0.273 e. The number of aromatic nitrogens is 1. The minimum Gasteiger partial charge on any atom is -0.359 e. The summed E-state index contributed by atoms with van der Waals surface area (Å²) in [7, 11) is 0. The molecule has 3 aromatic rings. The first kappa shape index (κ1) is 24.1. The molecular weight excluding hydrogens is 451 g/mol. The van der Waals surface area contributed by atoms with Gasteiger partial charge in [-0.25, -0.2) is 4.39 Å². The molecule has 3 amide bonds. The molecule has 0 saturated carbocycles. The smallest absolute Gasteiger partial charge is 0.273 e. The molecule has 0 unspecified atom stereocenters. The second-order valence-corrected chi connectivity index (χ2v) is 8.42. The molecular formula is C26H27FN4O4. The highest BCUT2D eigenvalue weighted by Crippen LogP contribution is 2.15. The number of halogens is 1. The molecule has 2 heterocycles. The van der Waals surface area contributed by atoms with Crippen molar-refractivity contribution in [2.45, 2.75) is 32.4 Å². The Morgan fingerprint density at radius 3 is 2.60 bits per heavy atom. The van der Waals surface area contributed by atoms with Crippen LogP contribution in [0.5, 0.6) is 0 Å². The van der Waals surface area contributed by atoms with Crippen LogP contribution < -0.4 is 5.32 Å². The van der Waals surface area contributed by atoms with E-state index in [0.29, 0.717) is 37.3 Å². The molecule has 35 heavy (non-hydrogen) atoms. The number of nitrogens with one attached hydrogen (secondary N) is 1. The predicted octanol–water partition coefficient (Wildman–Crippen LogP) is 3.40. The molecule has 1 N–H and O–H groups in total. The number of hydrogen-bond donors (Lipinski definition) is 1. The van der Waals surface area contributed by atoms with Crippen molar-refractivity contribution in [2.75, 3.05) is 19.6 Å². The Labute approximate surface area is 202 Å². The van der Waals surface area contributed by atoms with Crippen LogP contribution >= 0.6 is 0 Å². The Bertz CT molecular complexity index is 1160. The lowest BCUT2D eigenvalue weighted by Gasteiger charge is -2.23. The highest BCUT2D eigenvalue weighted by Gasteiger charge is 2.22. The zero-order valence-electron chi connectivity index (χ0n) is 19.3. The number of carbonyl (C=O) groups excluding carboxylic acids is 3. The van der Waals surface area contributed by atoms with E-state index in [9.17, 15) is 18.8 Å². The highest BCUT2D eigenvalue weighted by molar-refractivity contribution is 5.94. The fraction of sp³-hybridized carbons (Fsp3) is 0.308. The molecule has 0 atom stereocenters. The van der Waals surface area contributed by atoms with Crippen molar-refractivity contribution in [1.29, 1.82) is 0 Å². The number of hydrogen-bond acceptors (Lipinski definition) is 5. The van der Waals surface area contributed by atoms with Gasteiger partial charge in [-0.05, 0) is 42.7 Å². The zero-order chi connectivity index (χ0) is 24.6. The number of amides is 3. The molecule has 1 aliphatic rings. The molecule has 0 spiro atoms. The molecule has 0 radical (unpaired) electrons. The summed E-state index contributed by atoms with van der Waals surface area (Å²) < 4.78 is 18.4. The minimum atomic E-state index is -0.433. The van der Waals surface area contributed by atoms with Gasteiger partial charge in [0.1, 0.15) is 5.82 Å². The van der Waals surface area contributed by atoms with Gasteiger partial charge in [-0.15, -0.1) is 0 Å². The van der Waals surface area contributed by atoms with Gasteiger partial charge in [-0.3, -0.25) is 14.4 Å². The monoisotopic (exact) mass is 478 g/mol. The second kappa shape index (κ2) is 11.4. The van der Waals surface area contributed by atoms with E-state index in [1.807, 2.05) is 11.0 Å². The van der Waals surface area contributed by atoms with Crippen LogP contribution in [0.15, 0.2) is 65.2 Å². The van der Waals surface area contributed by atoms with Crippen molar-refractivity contribution in [2.24, 2.45) is 0 Å². The van der Waals surface area contributed by atoms with Crippen LogP contribution in [0.4, 0.5) is 4.39 Å². The molecule has 1 aliphatic heterocycles. The quantitative estimate of drug-likeness (QED) is 0.482. The summed E-state index contributed by atoms with van der Waals surface area (Å²) in [5.74, 6) is -0.423. The molecule has 0 aliphatic carbocycles. The van der Waals surface area contributed by atoms with Crippen molar-refractivity contribution in [3.8, 4) is 0 Å². The lowest BCUT2D eigenvalue weighted by molar-refractivity contribution is -0.127. The Balaban J connectivity index is 1.38. The Hall–Kier alpha value is -4.01. The third kappa shape index (κ3) is 6.53. The standard InChI is InChI=1S/C26H27FN4O4/c27-21-11-9-19(10-12-21)17-28-25(33)23-16-22(35-29-23)18-31(26(34)20-6-2-1-3-7-20)15-5-14-30-13-4-8-24(30)32/h1-3,6-7,9-12,16H,4-5,8,13-15,17-18H2,(H,28,33). The van der Waals surface area contributed by atoms with Crippen molar-refractivity contribution in [3.05, 3.63) is 89.1 Å². The largest absolute Gasteiger partial charge is 0.359 e. The lowest BCUT2D eigenvalue weighted by Crippen LogP contribution is -2.34. The van der Waals surface area contributed by atoms with E-state index < -0.39 is 5.91 Å². The Kier molecular flexibility index (Phi) is 7.87. The van der Waals surface area contributed by atoms with E-state index in [4.69, 9.17) is 4.52 Å². The van der Waals surface area contributed by atoms with Gasteiger partial charge in [0.25, 0.3) is 11.8 Å². The van der Waals surface area contributed by atoms with E-state index in [0.717, 1.165) is 18.5 Å². The van der Waals surface area contributed by atoms with E-state index in [1.165, 1.54) is 18.2 Å². The summed E-state index contributed by atoms with van der Waals surface area (Å²) in [6.45, 7) is 2.12. The average molecular weight is 479 g/mol. The van der Waals surface area contributed by atoms with Crippen molar-refractivity contribution in [3.63, 3.8) is 0 Å². The van der Waals surface area contributed by atoms with Crippen molar-refractivity contribution >= 4 is 17.7 Å². The highest BCUT2D eigenvalue weighted by atomic mass is 19.1. The Morgan fingerprint density at radius 2 is 1.89 bits per heavy atom.